The lowest BCUT2D eigenvalue weighted by Gasteiger charge is -2.14. The number of benzene rings is 2. The first kappa shape index (κ1) is 22.1. The molecule has 33 heavy (non-hydrogen) atoms. The molecular weight excluding hydrogens is 416 g/mol. The number of pyridine rings is 1. The van der Waals surface area contributed by atoms with E-state index < -0.39 is 17.9 Å². The van der Waals surface area contributed by atoms with Crippen molar-refractivity contribution in [3.63, 3.8) is 0 Å². The van der Waals surface area contributed by atoms with Gasteiger partial charge in [0.05, 0.1) is 5.56 Å². The number of imidazole rings is 1. The molecule has 168 valence electrons. The van der Waals surface area contributed by atoms with Crippen molar-refractivity contribution in [1.29, 1.82) is 0 Å². The number of carboxylic acids is 1. The number of aryl methyl sites for hydroxylation is 3. The van der Waals surface area contributed by atoms with E-state index in [-0.39, 0.29) is 0 Å². The van der Waals surface area contributed by atoms with Gasteiger partial charge in [-0.25, -0.2) is 4.98 Å². The molecule has 3 N–H and O–H groups in total. The molecule has 2 aromatic carbocycles. The van der Waals surface area contributed by atoms with Gasteiger partial charge in [-0.2, -0.15) is 0 Å². The van der Waals surface area contributed by atoms with Gasteiger partial charge in [-0.15, -0.1) is 0 Å². The first-order valence-corrected chi connectivity index (χ1v) is 10.7. The number of hydrogen-bond donors (Lipinski definition) is 3. The second kappa shape index (κ2) is 8.78. The van der Waals surface area contributed by atoms with Crippen LogP contribution in [-0.2, 0) is 4.79 Å². The van der Waals surface area contributed by atoms with Crippen LogP contribution in [0.3, 0.4) is 0 Å². The summed E-state index contributed by atoms with van der Waals surface area (Å²) in [5, 5.41) is 15.3. The molecule has 4 rings (SSSR count). The van der Waals surface area contributed by atoms with Crippen molar-refractivity contribution in [3.8, 4) is 11.3 Å². The Bertz CT molecular complexity index is 1350. The molecule has 0 radical (unpaired) electrons. The number of hydrogen-bond acceptors (Lipinski definition) is 4. The lowest BCUT2D eigenvalue weighted by Crippen LogP contribution is -2.38. The second-order valence-corrected chi connectivity index (χ2v) is 8.22. The van der Waals surface area contributed by atoms with E-state index in [0.29, 0.717) is 16.9 Å². The zero-order valence-corrected chi connectivity index (χ0v) is 19.0. The standard InChI is InChI=1S/C26H26N4O3/c1-15-8-5-11-19(14-15)22-24(28-21-16(2)9-6-10-17(21)3)30-13-7-12-20(23(30)29-22)25(31)27-18(4)26(32)33/h5-14,18,28H,1-4H3,(H,27,31)(H,32,33). The molecule has 0 fully saturated rings. The maximum Gasteiger partial charge on any atom is 0.325 e. The van der Waals surface area contributed by atoms with Crippen LogP contribution in [0.2, 0.25) is 0 Å². The van der Waals surface area contributed by atoms with Gasteiger partial charge in [-0.05, 0) is 57.0 Å². The van der Waals surface area contributed by atoms with Gasteiger partial charge in [-0.3, -0.25) is 14.0 Å². The number of rotatable bonds is 6. The number of fused-ring (bicyclic) bond motifs is 1. The molecule has 0 aliphatic rings. The lowest BCUT2D eigenvalue weighted by molar-refractivity contribution is -0.138. The molecule has 1 atom stereocenters. The van der Waals surface area contributed by atoms with E-state index in [1.807, 2.05) is 73.8 Å². The minimum absolute atomic E-state index is 0.300. The summed E-state index contributed by atoms with van der Waals surface area (Å²) in [6.07, 6.45) is 1.84. The predicted molar refractivity (Wildman–Crippen MR) is 129 cm³/mol. The van der Waals surface area contributed by atoms with Gasteiger partial charge in [0.25, 0.3) is 5.91 Å². The van der Waals surface area contributed by atoms with Crippen LogP contribution in [0.4, 0.5) is 11.5 Å². The molecule has 0 aliphatic heterocycles. The molecule has 0 saturated carbocycles. The van der Waals surface area contributed by atoms with Gasteiger partial charge in [0, 0.05) is 17.4 Å². The number of aromatic nitrogens is 2. The van der Waals surface area contributed by atoms with Crippen LogP contribution in [0.15, 0.2) is 60.8 Å². The zero-order valence-electron chi connectivity index (χ0n) is 19.0. The van der Waals surface area contributed by atoms with Gasteiger partial charge < -0.3 is 15.7 Å². The van der Waals surface area contributed by atoms with E-state index >= 15 is 0 Å². The van der Waals surface area contributed by atoms with E-state index in [1.54, 1.807) is 12.1 Å². The SMILES string of the molecule is Cc1cccc(-c2nc3c(C(=O)NC(C)C(=O)O)cccn3c2Nc2c(C)cccc2C)c1. The van der Waals surface area contributed by atoms with E-state index in [1.165, 1.54) is 6.92 Å². The van der Waals surface area contributed by atoms with Gasteiger partial charge in [0.2, 0.25) is 0 Å². The van der Waals surface area contributed by atoms with Gasteiger partial charge >= 0.3 is 5.97 Å². The molecule has 7 heteroatoms. The number of anilines is 2. The number of aliphatic carboxylic acids is 1. The van der Waals surface area contributed by atoms with Crippen molar-refractivity contribution < 1.29 is 14.7 Å². The Labute approximate surface area is 192 Å². The van der Waals surface area contributed by atoms with Crippen LogP contribution in [0.25, 0.3) is 16.9 Å². The van der Waals surface area contributed by atoms with Crippen LogP contribution < -0.4 is 10.6 Å². The van der Waals surface area contributed by atoms with Crippen LogP contribution in [0, 0.1) is 20.8 Å². The average Bonchev–Trinajstić information content (AvgIpc) is 3.14. The summed E-state index contributed by atoms with van der Waals surface area (Å²) in [6.45, 7) is 7.52. The zero-order chi connectivity index (χ0) is 23.7. The third kappa shape index (κ3) is 4.30. The molecule has 0 aliphatic carbocycles. The summed E-state index contributed by atoms with van der Waals surface area (Å²) in [4.78, 5) is 29.0. The van der Waals surface area contributed by atoms with Crippen molar-refractivity contribution >= 4 is 29.0 Å². The largest absolute Gasteiger partial charge is 0.480 e. The van der Waals surface area contributed by atoms with E-state index in [9.17, 15) is 14.7 Å². The monoisotopic (exact) mass is 442 g/mol. The Morgan fingerprint density at radius 1 is 1.00 bits per heavy atom. The molecule has 4 aromatic rings. The van der Waals surface area contributed by atoms with Crippen molar-refractivity contribution in [1.82, 2.24) is 14.7 Å². The first-order valence-electron chi connectivity index (χ1n) is 10.7. The van der Waals surface area contributed by atoms with Crippen LogP contribution >= 0.6 is 0 Å². The number of nitrogens with zero attached hydrogens (tertiary/aromatic N) is 2. The highest BCUT2D eigenvalue weighted by Gasteiger charge is 2.22. The van der Waals surface area contributed by atoms with E-state index in [4.69, 9.17) is 4.98 Å². The minimum atomic E-state index is -1.10. The van der Waals surface area contributed by atoms with Gasteiger partial charge in [0.15, 0.2) is 5.65 Å². The molecular formula is C26H26N4O3. The number of carbonyl (C=O) groups is 2. The summed E-state index contributed by atoms with van der Waals surface area (Å²) in [5.41, 5.74) is 6.60. The summed E-state index contributed by atoms with van der Waals surface area (Å²) < 4.78 is 1.84. The highest BCUT2D eigenvalue weighted by atomic mass is 16.4. The summed E-state index contributed by atoms with van der Waals surface area (Å²) in [5.74, 6) is -0.861. The first-order chi connectivity index (χ1) is 15.8. The highest BCUT2D eigenvalue weighted by Crippen LogP contribution is 2.34. The average molecular weight is 443 g/mol. The maximum absolute atomic E-state index is 12.9. The van der Waals surface area contributed by atoms with Gasteiger partial charge in [0.1, 0.15) is 17.6 Å². The molecule has 0 bridgehead atoms. The van der Waals surface area contributed by atoms with Crippen LogP contribution in [-0.4, -0.2) is 32.4 Å². The smallest absolute Gasteiger partial charge is 0.325 e. The Morgan fingerprint density at radius 2 is 1.70 bits per heavy atom. The summed E-state index contributed by atoms with van der Waals surface area (Å²) >= 11 is 0. The molecule has 7 nitrogen and oxygen atoms in total. The van der Waals surface area contributed by atoms with Crippen molar-refractivity contribution in [2.75, 3.05) is 5.32 Å². The Balaban J connectivity index is 1.92. The van der Waals surface area contributed by atoms with Crippen molar-refractivity contribution in [3.05, 3.63) is 83.0 Å². The van der Waals surface area contributed by atoms with E-state index in [0.717, 1.165) is 33.8 Å². The van der Waals surface area contributed by atoms with E-state index in [2.05, 4.69) is 10.6 Å². The number of nitrogens with one attached hydrogen (secondary N) is 2. The quantitative estimate of drug-likeness (QED) is 0.396. The lowest BCUT2D eigenvalue weighted by atomic mass is 10.1. The third-order valence-electron chi connectivity index (χ3n) is 5.63. The second-order valence-electron chi connectivity index (χ2n) is 8.22. The highest BCUT2D eigenvalue weighted by molar-refractivity contribution is 6.02. The number of amides is 1. The number of carbonyl (C=O) groups excluding carboxylic acids is 1. The van der Waals surface area contributed by atoms with Crippen molar-refractivity contribution in [2.45, 2.75) is 33.7 Å². The molecule has 2 aromatic heterocycles. The number of carboxylic acid groups (broad SMARTS) is 1. The molecule has 1 unspecified atom stereocenters. The van der Waals surface area contributed by atoms with Crippen molar-refractivity contribution in [2.24, 2.45) is 0 Å². The fraction of sp³-hybridized carbons (Fsp3) is 0.192. The normalized spacial score (nSPS) is 11.9. The Hall–Kier alpha value is -4.13. The Morgan fingerprint density at radius 3 is 2.36 bits per heavy atom. The topological polar surface area (TPSA) is 95.7 Å². The maximum atomic E-state index is 12.9. The Kier molecular flexibility index (Phi) is 5.87. The number of para-hydroxylation sites is 1. The minimum Gasteiger partial charge on any atom is -0.480 e. The fourth-order valence-electron chi connectivity index (χ4n) is 3.82. The fourth-order valence-corrected chi connectivity index (χ4v) is 3.82. The van der Waals surface area contributed by atoms with Crippen LogP contribution in [0.1, 0.15) is 34.0 Å². The predicted octanol–water partition coefficient (Wildman–Crippen LogP) is 4.87. The molecule has 0 saturated heterocycles. The summed E-state index contributed by atoms with van der Waals surface area (Å²) in [6, 6.07) is 16.5. The molecule has 0 spiro atoms. The third-order valence-corrected chi connectivity index (χ3v) is 5.63. The molecule has 1 amide bonds. The van der Waals surface area contributed by atoms with Crippen LogP contribution in [0.5, 0.6) is 0 Å². The van der Waals surface area contributed by atoms with Gasteiger partial charge in [-0.1, -0.05) is 42.0 Å². The summed E-state index contributed by atoms with van der Waals surface area (Å²) in [7, 11) is 0. The molecule has 2 heterocycles.